The Labute approximate surface area is 95.0 Å². The Bertz CT molecular complexity index is 370. The van der Waals surface area contributed by atoms with Crippen molar-refractivity contribution >= 4 is 0 Å². The molecule has 88 valence electrons. The predicted molar refractivity (Wildman–Crippen MR) is 60.9 cm³/mol. The molecule has 0 aromatic heterocycles. The van der Waals surface area contributed by atoms with Crippen LogP contribution in [0, 0.1) is 5.82 Å². The number of likely N-dealkylation sites (tertiary alicyclic amines) is 1. The first kappa shape index (κ1) is 11.4. The fourth-order valence-electron chi connectivity index (χ4n) is 2.14. The van der Waals surface area contributed by atoms with E-state index in [1.165, 1.54) is 7.11 Å². The van der Waals surface area contributed by atoms with E-state index in [9.17, 15) is 4.39 Å². The number of methoxy groups -OCH3 is 1. The van der Waals surface area contributed by atoms with Crippen LogP contribution < -0.4 is 10.5 Å². The van der Waals surface area contributed by atoms with Crippen molar-refractivity contribution in [2.75, 3.05) is 26.7 Å². The Balaban J connectivity index is 2.12. The lowest BCUT2D eigenvalue weighted by atomic mass is 9.94. The standard InChI is InChI=1S/C12H17FN2O/c1-16-12-3-2-9(8-10(12)13)11-4-6-15(11)7-5-14/h2-3,8,11H,4-7,14H2,1H3. The normalized spacial score (nSPS) is 20.6. The van der Waals surface area contributed by atoms with Crippen LogP contribution >= 0.6 is 0 Å². The van der Waals surface area contributed by atoms with E-state index in [1.54, 1.807) is 12.1 Å². The van der Waals surface area contributed by atoms with Crippen molar-refractivity contribution in [3.8, 4) is 5.75 Å². The van der Waals surface area contributed by atoms with Crippen LogP contribution in [0.2, 0.25) is 0 Å². The maximum atomic E-state index is 13.5. The molecule has 0 amide bonds. The lowest BCUT2D eigenvalue weighted by Gasteiger charge is -2.41. The van der Waals surface area contributed by atoms with Crippen LogP contribution in [0.15, 0.2) is 18.2 Å². The maximum absolute atomic E-state index is 13.5. The molecule has 1 heterocycles. The van der Waals surface area contributed by atoms with Crippen LogP contribution in [0.3, 0.4) is 0 Å². The highest BCUT2D eigenvalue weighted by atomic mass is 19.1. The Morgan fingerprint density at radius 2 is 2.38 bits per heavy atom. The summed E-state index contributed by atoms with van der Waals surface area (Å²) in [6.07, 6.45) is 1.08. The molecule has 1 fully saturated rings. The number of hydrogen-bond donors (Lipinski definition) is 1. The summed E-state index contributed by atoms with van der Waals surface area (Å²) >= 11 is 0. The number of hydrogen-bond acceptors (Lipinski definition) is 3. The third kappa shape index (κ3) is 2.03. The highest BCUT2D eigenvalue weighted by Gasteiger charge is 2.28. The van der Waals surface area contributed by atoms with Crippen molar-refractivity contribution in [1.29, 1.82) is 0 Å². The molecule has 1 aliphatic rings. The average Bonchev–Trinajstić information content (AvgIpc) is 2.25. The Kier molecular flexibility index (Phi) is 3.41. The van der Waals surface area contributed by atoms with Crippen molar-refractivity contribution in [3.63, 3.8) is 0 Å². The van der Waals surface area contributed by atoms with Crippen molar-refractivity contribution in [2.45, 2.75) is 12.5 Å². The van der Waals surface area contributed by atoms with Gasteiger partial charge in [-0.05, 0) is 24.1 Å². The molecule has 1 aromatic rings. The number of nitrogens with two attached hydrogens (primary N) is 1. The zero-order valence-corrected chi connectivity index (χ0v) is 9.45. The summed E-state index contributed by atoms with van der Waals surface area (Å²) in [6.45, 7) is 2.57. The topological polar surface area (TPSA) is 38.5 Å². The van der Waals surface area contributed by atoms with Crippen LogP contribution in [0.1, 0.15) is 18.0 Å². The Hall–Kier alpha value is -1.13. The quantitative estimate of drug-likeness (QED) is 0.843. The molecule has 2 N–H and O–H groups in total. The lowest BCUT2D eigenvalue weighted by molar-refractivity contribution is 0.0948. The molecule has 4 heteroatoms. The summed E-state index contributed by atoms with van der Waals surface area (Å²) in [6, 6.07) is 5.49. The average molecular weight is 224 g/mol. The van der Waals surface area contributed by atoms with E-state index < -0.39 is 0 Å². The molecule has 0 radical (unpaired) electrons. The van der Waals surface area contributed by atoms with Crippen molar-refractivity contribution in [2.24, 2.45) is 5.73 Å². The molecule has 1 aliphatic heterocycles. The fourth-order valence-corrected chi connectivity index (χ4v) is 2.14. The zero-order valence-electron chi connectivity index (χ0n) is 9.45. The smallest absolute Gasteiger partial charge is 0.165 e. The minimum absolute atomic E-state index is 0.292. The second-order valence-electron chi connectivity index (χ2n) is 4.02. The molecule has 0 bridgehead atoms. The van der Waals surface area contributed by atoms with Gasteiger partial charge in [0.05, 0.1) is 7.11 Å². The lowest BCUT2D eigenvalue weighted by Crippen LogP contribution is -2.43. The van der Waals surface area contributed by atoms with Crippen LogP contribution in [-0.2, 0) is 0 Å². The predicted octanol–water partition coefficient (Wildman–Crippen LogP) is 1.54. The van der Waals surface area contributed by atoms with Gasteiger partial charge in [-0.25, -0.2) is 4.39 Å². The molecule has 2 rings (SSSR count). The van der Waals surface area contributed by atoms with E-state index in [-0.39, 0.29) is 5.82 Å². The van der Waals surface area contributed by atoms with E-state index >= 15 is 0 Å². The van der Waals surface area contributed by atoms with Gasteiger partial charge in [0.25, 0.3) is 0 Å². The summed E-state index contributed by atoms with van der Waals surface area (Å²) in [5.41, 5.74) is 6.53. The number of nitrogens with zero attached hydrogens (tertiary/aromatic N) is 1. The second kappa shape index (κ2) is 4.80. The molecule has 1 unspecified atom stereocenters. The van der Waals surface area contributed by atoms with Gasteiger partial charge in [-0.1, -0.05) is 6.07 Å². The van der Waals surface area contributed by atoms with Crippen molar-refractivity contribution in [3.05, 3.63) is 29.6 Å². The van der Waals surface area contributed by atoms with E-state index in [0.29, 0.717) is 18.3 Å². The van der Waals surface area contributed by atoms with Gasteiger partial charge in [0, 0.05) is 25.7 Å². The van der Waals surface area contributed by atoms with Crippen LogP contribution in [0.5, 0.6) is 5.75 Å². The van der Waals surface area contributed by atoms with Gasteiger partial charge in [0.15, 0.2) is 11.6 Å². The number of ether oxygens (including phenoxy) is 1. The van der Waals surface area contributed by atoms with Gasteiger partial charge in [0.1, 0.15) is 0 Å². The van der Waals surface area contributed by atoms with Gasteiger partial charge in [-0.15, -0.1) is 0 Å². The first-order chi connectivity index (χ1) is 7.76. The van der Waals surface area contributed by atoms with E-state index in [4.69, 9.17) is 10.5 Å². The summed E-state index contributed by atoms with van der Waals surface area (Å²) in [5, 5.41) is 0. The monoisotopic (exact) mass is 224 g/mol. The van der Waals surface area contributed by atoms with Gasteiger partial charge >= 0.3 is 0 Å². The summed E-state index contributed by atoms with van der Waals surface area (Å²) in [5.74, 6) is 0.00745. The van der Waals surface area contributed by atoms with E-state index in [2.05, 4.69) is 4.90 Å². The molecule has 1 atom stereocenters. The molecular weight excluding hydrogens is 207 g/mol. The molecule has 1 saturated heterocycles. The van der Waals surface area contributed by atoms with Crippen molar-refractivity contribution < 1.29 is 9.13 Å². The van der Waals surface area contributed by atoms with Crippen LogP contribution in [0.4, 0.5) is 4.39 Å². The minimum atomic E-state index is -0.292. The van der Waals surface area contributed by atoms with Gasteiger partial charge in [0.2, 0.25) is 0 Å². The highest BCUT2D eigenvalue weighted by Crippen LogP contribution is 2.34. The largest absolute Gasteiger partial charge is 0.494 e. The maximum Gasteiger partial charge on any atom is 0.165 e. The van der Waals surface area contributed by atoms with Gasteiger partial charge in [-0.3, -0.25) is 4.90 Å². The molecule has 0 spiro atoms. The molecule has 3 nitrogen and oxygen atoms in total. The minimum Gasteiger partial charge on any atom is -0.494 e. The van der Waals surface area contributed by atoms with Crippen LogP contribution in [0.25, 0.3) is 0 Å². The van der Waals surface area contributed by atoms with E-state index in [1.807, 2.05) is 6.07 Å². The molecular formula is C12H17FN2O. The Morgan fingerprint density at radius 3 is 2.88 bits per heavy atom. The molecule has 1 aromatic carbocycles. The molecule has 16 heavy (non-hydrogen) atoms. The van der Waals surface area contributed by atoms with Gasteiger partial charge in [-0.2, -0.15) is 0 Å². The van der Waals surface area contributed by atoms with Gasteiger partial charge < -0.3 is 10.5 Å². The first-order valence-corrected chi connectivity index (χ1v) is 5.54. The summed E-state index contributed by atoms with van der Waals surface area (Å²) in [4.78, 5) is 2.27. The molecule has 0 saturated carbocycles. The SMILES string of the molecule is COc1ccc(C2CCN2CCN)cc1F. The fraction of sp³-hybridized carbons (Fsp3) is 0.500. The summed E-state index contributed by atoms with van der Waals surface area (Å²) in [7, 11) is 1.47. The third-order valence-electron chi connectivity index (χ3n) is 3.11. The number of halogens is 1. The highest BCUT2D eigenvalue weighted by molar-refractivity contribution is 5.31. The second-order valence-corrected chi connectivity index (χ2v) is 4.02. The number of rotatable bonds is 4. The zero-order chi connectivity index (χ0) is 11.5. The Morgan fingerprint density at radius 1 is 1.56 bits per heavy atom. The molecule has 0 aliphatic carbocycles. The number of benzene rings is 1. The summed E-state index contributed by atoms with van der Waals surface area (Å²) < 4.78 is 18.4. The van der Waals surface area contributed by atoms with E-state index in [0.717, 1.165) is 25.1 Å². The van der Waals surface area contributed by atoms with Crippen LogP contribution in [-0.4, -0.2) is 31.6 Å². The first-order valence-electron chi connectivity index (χ1n) is 5.54. The third-order valence-corrected chi connectivity index (χ3v) is 3.11. The van der Waals surface area contributed by atoms with Crippen molar-refractivity contribution in [1.82, 2.24) is 4.90 Å².